The Morgan fingerprint density at radius 2 is 1.64 bits per heavy atom. The molecule has 1 N–H and O–H groups in total. The van der Waals surface area contributed by atoms with E-state index in [-0.39, 0.29) is 11.9 Å². The molecule has 7 heteroatoms. The van der Waals surface area contributed by atoms with Gasteiger partial charge in [0.2, 0.25) is 6.10 Å². The van der Waals surface area contributed by atoms with E-state index in [1.807, 2.05) is 35.2 Å². The highest BCUT2D eigenvalue weighted by atomic mass is 16.6. The fourth-order valence-electron chi connectivity index (χ4n) is 4.16. The summed E-state index contributed by atoms with van der Waals surface area (Å²) in [5, 5.41) is 7.26. The summed E-state index contributed by atoms with van der Waals surface area (Å²) < 4.78 is 0. The predicted octanol–water partition coefficient (Wildman–Crippen LogP) is 2.37. The number of nitrogens with zero attached hydrogens (tertiary/aromatic N) is 3. The lowest BCUT2D eigenvalue weighted by atomic mass is 9.96. The van der Waals surface area contributed by atoms with Gasteiger partial charge in [0, 0.05) is 38.6 Å². The number of oxime groups is 1. The van der Waals surface area contributed by atoms with Crippen LogP contribution >= 0.6 is 0 Å². The van der Waals surface area contributed by atoms with Gasteiger partial charge in [-0.1, -0.05) is 54.8 Å². The first-order chi connectivity index (χ1) is 13.7. The normalized spacial score (nSPS) is 23.1. The molecule has 0 aromatic heterocycles. The highest BCUT2D eigenvalue weighted by Gasteiger charge is 2.34. The molecule has 150 valence electrons. The SMILES string of the molecule is O=C(NC1CCCCC1)N1CCN(C(=O)C2CC(c3ccccc3)=NO2)CC1. The number of hydrogen-bond donors (Lipinski definition) is 1. The third-order valence-corrected chi connectivity index (χ3v) is 5.86. The van der Waals surface area contributed by atoms with Gasteiger partial charge in [0.25, 0.3) is 5.91 Å². The van der Waals surface area contributed by atoms with Crippen LogP contribution in [-0.4, -0.2) is 65.8 Å². The Bertz CT molecular complexity index is 722. The van der Waals surface area contributed by atoms with Crippen LogP contribution in [-0.2, 0) is 9.63 Å². The molecule has 2 heterocycles. The number of benzene rings is 1. The van der Waals surface area contributed by atoms with E-state index in [4.69, 9.17) is 4.84 Å². The molecular weight excluding hydrogens is 356 g/mol. The van der Waals surface area contributed by atoms with Crippen LogP contribution in [0.15, 0.2) is 35.5 Å². The fourth-order valence-corrected chi connectivity index (χ4v) is 4.16. The number of amides is 3. The maximum absolute atomic E-state index is 12.8. The van der Waals surface area contributed by atoms with Crippen LogP contribution in [0.4, 0.5) is 4.79 Å². The van der Waals surface area contributed by atoms with Crippen molar-refractivity contribution < 1.29 is 14.4 Å². The van der Waals surface area contributed by atoms with Crippen molar-refractivity contribution >= 4 is 17.6 Å². The van der Waals surface area contributed by atoms with E-state index < -0.39 is 6.10 Å². The lowest BCUT2D eigenvalue weighted by molar-refractivity contribution is -0.143. The summed E-state index contributed by atoms with van der Waals surface area (Å²) in [6, 6.07) is 10.1. The number of nitrogens with one attached hydrogen (secondary N) is 1. The number of urea groups is 1. The smallest absolute Gasteiger partial charge is 0.317 e. The number of rotatable bonds is 3. The maximum Gasteiger partial charge on any atom is 0.317 e. The number of hydrogen-bond acceptors (Lipinski definition) is 4. The molecule has 1 aliphatic carbocycles. The maximum atomic E-state index is 12.8. The third-order valence-electron chi connectivity index (χ3n) is 5.86. The van der Waals surface area contributed by atoms with Crippen LogP contribution in [0.1, 0.15) is 44.1 Å². The second kappa shape index (κ2) is 8.63. The molecule has 1 atom stereocenters. The Morgan fingerprint density at radius 3 is 2.36 bits per heavy atom. The standard InChI is InChI=1S/C21H28N4O3/c26-20(19-15-18(23-28-19)16-7-3-1-4-8-16)24-11-13-25(14-12-24)21(27)22-17-9-5-2-6-10-17/h1,3-4,7-8,17,19H,2,5-6,9-15H2,(H,22,27). The minimum atomic E-state index is -0.558. The molecule has 1 unspecified atom stereocenters. The number of carbonyl (C=O) groups excluding carboxylic acids is 2. The largest absolute Gasteiger partial charge is 0.382 e. The van der Waals surface area contributed by atoms with Gasteiger partial charge in [0.15, 0.2) is 0 Å². The van der Waals surface area contributed by atoms with Crippen LogP contribution < -0.4 is 5.32 Å². The Hall–Kier alpha value is -2.57. The third kappa shape index (κ3) is 4.29. The van der Waals surface area contributed by atoms with Crippen molar-refractivity contribution in [1.29, 1.82) is 0 Å². The summed E-state index contributed by atoms with van der Waals surface area (Å²) in [4.78, 5) is 34.3. The van der Waals surface area contributed by atoms with Crippen molar-refractivity contribution in [2.24, 2.45) is 5.16 Å². The molecule has 2 fully saturated rings. The number of piperazine rings is 1. The monoisotopic (exact) mass is 384 g/mol. The fraction of sp³-hybridized carbons (Fsp3) is 0.571. The number of carbonyl (C=O) groups is 2. The van der Waals surface area contributed by atoms with E-state index in [2.05, 4.69) is 10.5 Å². The first-order valence-electron chi connectivity index (χ1n) is 10.3. The van der Waals surface area contributed by atoms with E-state index in [1.165, 1.54) is 19.3 Å². The van der Waals surface area contributed by atoms with Gasteiger partial charge >= 0.3 is 6.03 Å². The van der Waals surface area contributed by atoms with Gasteiger partial charge < -0.3 is 20.0 Å². The molecule has 3 amide bonds. The lowest BCUT2D eigenvalue weighted by Gasteiger charge is -2.36. The molecular formula is C21H28N4O3. The topological polar surface area (TPSA) is 74.2 Å². The van der Waals surface area contributed by atoms with Crippen LogP contribution in [0.5, 0.6) is 0 Å². The van der Waals surface area contributed by atoms with Crippen molar-refractivity contribution in [2.75, 3.05) is 26.2 Å². The van der Waals surface area contributed by atoms with Crippen molar-refractivity contribution in [3.63, 3.8) is 0 Å². The Kier molecular flexibility index (Phi) is 5.78. The van der Waals surface area contributed by atoms with E-state index in [9.17, 15) is 9.59 Å². The molecule has 1 saturated heterocycles. The van der Waals surface area contributed by atoms with Crippen LogP contribution in [0.2, 0.25) is 0 Å². The zero-order valence-corrected chi connectivity index (χ0v) is 16.2. The summed E-state index contributed by atoms with van der Waals surface area (Å²) >= 11 is 0. The van der Waals surface area contributed by atoms with Crippen LogP contribution in [0.25, 0.3) is 0 Å². The van der Waals surface area contributed by atoms with Gasteiger partial charge in [-0.15, -0.1) is 0 Å². The van der Waals surface area contributed by atoms with E-state index >= 15 is 0 Å². The predicted molar refractivity (Wildman–Crippen MR) is 106 cm³/mol. The molecule has 1 aromatic carbocycles. The molecule has 1 aromatic rings. The van der Waals surface area contributed by atoms with Gasteiger partial charge in [-0.2, -0.15) is 0 Å². The van der Waals surface area contributed by atoms with E-state index in [0.717, 1.165) is 24.1 Å². The molecule has 28 heavy (non-hydrogen) atoms. The quantitative estimate of drug-likeness (QED) is 0.869. The summed E-state index contributed by atoms with van der Waals surface area (Å²) in [7, 11) is 0. The molecule has 0 spiro atoms. The van der Waals surface area contributed by atoms with E-state index in [0.29, 0.717) is 38.6 Å². The van der Waals surface area contributed by atoms with E-state index in [1.54, 1.807) is 4.90 Å². The van der Waals surface area contributed by atoms with Gasteiger partial charge in [-0.05, 0) is 18.4 Å². The second-order valence-corrected chi connectivity index (χ2v) is 7.80. The van der Waals surface area contributed by atoms with Gasteiger partial charge in [0.05, 0.1) is 5.71 Å². The first-order valence-corrected chi connectivity index (χ1v) is 10.3. The Balaban J connectivity index is 1.24. The minimum Gasteiger partial charge on any atom is -0.382 e. The summed E-state index contributed by atoms with van der Waals surface area (Å²) in [6.45, 7) is 2.20. The zero-order chi connectivity index (χ0) is 19.3. The average molecular weight is 384 g/mol. The van der Waals surface area contributed by atoms with Crippen molar-refractivity contribution in [3.05, 3.63) is 35.9 Å². The van der Waals surface area contributed by atoms with Crippen molar-refractivity contribution in [3.8, 4) is 0 Å². The molecule has 2 aliphatic heterocycles. The van der Waals surface area contributed by atoms with Crippen LogP contribution in [0, 0.1) is 0 Å². The summed E-state index contributed by atoms with van der Waals surface area (Å²) in [6.07, 6.45) is 5.75. The van der Waals surface area contributed by atoms with Gasteiger partial charge in [0.1, 0.15) is 0 Å². The first kappa shape index (κ1) is 18.8. The molecule has 4 rings (SSSR count). The Labute approximate surface area is 165 Å². The molecule has 1 saturated carbocycles. The average Bonchev–Trinajstić information content (AvgIpc) is 3.25. The molecule has 0 radical (unpaired) electrons. The molecule has 3 aliphatic rings. The molecule has 0 bridgehead atoms. The van der Waals surface area contributed by atoms with Crippen molar-refractivity contribution in [2.45, 2.75) is 50.7 Å². The highest BCUT2D eigenvalue weighted by molar-refractivity contribution is 6.04. The zero-order valence-electron chi connectivity index (χ0n) is 16.2. The molecule has 7 nitrogen and oxygen atoms in total. The lowest BCUT2D eigenvalue weighted by Crippen LogP contribution is -2.56. The highest BCUT2D eigenvalue weighted by Crippen LogP contribution is 2.20. The second-order valence-electron chi connectivity index (χ2n) is 7.80. The van der Waals surface area contributed by atoms with Crippen LogP contribution in [0.3, 0.4) is 0 Å². The summed E-state index contributed by atoms with van der Waals surface area (Å²) in [5.41, 5.74) is 1.80. The minimum absolute atomic E-state index is 0.00538. The Morgan fingerprint density at radius 1 is 0.964 bits per heavy atom. The van der Waals surface area contributed by atoms with Gasteiger partial charge in [-0.3, -0.25) is 4.79 Å². The summed E-state index contributed by atoms with van der Waals surface area (Å²) in [5.74, 6) is -0.0398. The van der Waals surface area contributed by atoms with Gasteiger partial charge in [-0.25, -0.2) is 4.79 Å². The van der Waals surface area contributed by atoms with Crippen molar-refractivity contribution in [1.82, 2.24) is 15.1 Å².